The van der Waals surface area contributed by atoms with E-state index in [1.54, 1.807) is 10.7 Å². The molecule has 0 saturated carbocycles. The van der Waals surface area contributed by atoms with Crippen molar-refractivity contribution in [1.82, 2.24) is 14.8 Å². The first kappa shape index (κ1) is 10.4. The number of rotatable bonds is 1. The minimum Gasteiger partial charge on any atom is -0.218 e. The molecule has 4 heteroatoms. The van der Waals surface area contributed by atoms with Crippen molar-refractivity contribution in [3.05, 3.63) is 41.0 Å². The highest BCUT2D eigenvalue weighted by molar-refractivity contribution is 5.45. The van der Waals surface area contributed by atoms with Crippen molar-refractivity contribution in [3.63, 3.8) is 0 Å². The van der Waals surface area contributed by atoms with Crippen molar-refractivity contribution in [2.24, 2.45) is 0 Å². The van der Waals surface area contributed by atoms with E-state index in [4.69, 9.17) is 5.26 Å². The minimum absolute atomic E-state index is 0.693. The van der Waals surface area contributed by atoms with E-state index in [1.165, 1.54) is 0 Å². The van der Waals surface area contributed by atoms with Crippen LogP contribution in [0.3, 0.4) is 0 Å². The average Bonchev–Trinajstić information content (AvgIpc) is 2.58. The number of hydrogen-bond donors (Lipinski definition) is 0. The largest absolute Gasteiger partial charge is 0.218 e. The van der Waals surface area contributed by atoms with Crippen LogP contribution in [-0.2, 0) is 0 Å². The molecular weight excluding hydrogens is 200 g/mol. The first-order valence-corrected chi connectivity index (χ1v) is 5.03. The van der Waals surface area contributed by atoms with Crippen LogP contribution in [0, 0.1) is 32.1 Å². The van der Waals surface area contributed by atoms with Gasteiger partial charge in [0.2, 0.25) is 0 Å². The molecule has 0 radical (unpaired) electrons. The van der Waals surface area contributed by atoms with Gasteiger partial charge in [0.15, 0.2) is 0 Å². The van der Waals surface area contributed by atoms with E-state index in [2.05, 4.69) is 16.2 Å². The monoisotopic (exact) mass is 212 g/mol. The Morgan fingerprint density at radius 2 is 2.00 bits per heavy atom. The van der Waals surface area contributed by atoms with Crippen molar-refractivity contribution in [3.8, 4) is 11.8 Å². The average molecular weight is 212 g/mol. The fraction of sp³-hybridized carbons (Fsp3) is 0.250. The fourth-order valence-corrected chi connectivity index (χ4v) is 1.67. The second-order valence-electron chi connectivity index (χ2n) is 3.73. The molecule has 0 aliphatic carbocycles. The predicted octanol–water partition coefficient (Wildman–Crippen LogP) is 2.06. The second kappa shape index (κ2) is 3.78. The lowest BCUT2D eigenvalue weighted by molar-refractivity contribution is 0.830. The summed E-state index contributed by atoms with van der Waals surface area (Å²) in [6.45, 7) is 5.69. The molecule has 0 atom stereocenters. The quantitative estimate of drug-likeness (QED) is 0.727. The molecule has 0 amide bonds. The van der Waals surface area contributed by atoms with Crippen LogP contribution in [0.5, 0.6) is 0 Å². The zero-order chi connectivity index (χ0) is 11.7. The molecule has 0 spiro atoms. The number of aryl methyl sites for hydroxylation is 3. The molecule has 0 unspecified atom stereocenters. The molecule has 80 valence electrons. The summed E-state index contributed by atoms with van der Waals surface area (Å²) in [7, 11) is 0. The third-order valence-corrected chi connectivity index (χ3v) is 2.45. The molecule has 2 rings (SSSR count). The Bertz CT molecular complexity index is 575. The fourth-order valence-electron chi connectivity index (χ4n) is 1.67. The standard InChI is InChI=1S/C12H12N4/c1-8-6-12(5-4-11(8)7-13)16-10(3)14-9(2)15-16/h4-6H,1-3H3. The van der Waals surface area contributed by atoms with E-state index in [9.17, 15) is 0 Å². The minimum atomic E-state index is 0.693. The van der Waals surface area contributed by atoms with E-state index in [-0.39, 0.29) is 0 Å². The highest BCUT2D eigenvalue weighted by atomic mass is 15.3. The van der Waals surface area contributed by atoms with Gasteiger partial charge < -0.3 is 0 Å². The topological polar surface area (TPSA) is 54.5 Å². The summed E-state index contributed by atoms with van der Waals surface area (Å²) in [5.41, 5.74) is 2.58. The number of nitriles is 1. The molecule has 1 aromatic carbocycles. The van der Waals surface area contributed by atoms with Gasteiger partial charge in [-0.15, -0.1) is 0 Å². The summed E-state index contributed by atoms with van der Waals surface area (Å²) in [6, 6.07) is 7.78. The Morgan fingerprint density at radius 3 is 2.50 bits per heavy atom. The lowest BCUT2D eigenvalue weighted by Crippen LogP contribution is -2.00. The van der Waals surface area contributed by atoms with Crippen molar-refractivity contribution in [1.29, 1.82) is 5.26 Å². The molecule has 0 saturated heterocycles. The first-order valence-electron chi connectivity index (χ1n) is 5.03. The van der Waals surface area contributed by atoms with Crippen molar-refractivity contribution in [2.45, 2.75) is 20.8 Å². The predicted molar refractivity (Wildman–Crippen MR) is 60.3 cm³/mol. The molecule has 0 aliphatic heterocycles. The normalized spacial score (nSPS) is 10.1. The van der Waals surface area contributed by atoms with Gasteiger partial charge in [-0.1, -0.05) is 0 Å². The molecule has 1 aromatic heterocycles. The Kier molecular flexibility index (Phi) is 2.45. The van der Waals surface area contributed by atoms with Crippen LogP contribution >= 0.6 is 0 Å². The molecule has 0 fully saturated rings. The smallest absolute Gasteiger partial charge is 0.148 e. The van der Waals surface area contributed by atoms with Crippen LogP contribution in [0.15, 0.2) is 18.2 Å². The van der Waals surface area contributed by atoms with Gasteiger partial charge in [-0.25, -0.2) is 9.67 Å². The Labute approximate surface area is 94.2 Å². The van der Waals surface area contributed by atoms with E-state index in [0.29, 0.717) is 5.56 Å². The van der Waals surface area contributed by atoms with Gasteiger partial charge in [-0.2, -0.15) is 10.4 Å². The third-order valence-electron chi connectivity index (χ3n) is 2.45. The molecular formula is C12H12N4. The molecule has 1 heterocycles. The zero-order valence-corrected chi connectivity index (χ0v) is 9.52. The van der Waals surface area contributed by atoms with Gasteiger partial charge in [0, 0.05) is 0 Å². The third kappa shape index (κ3) is 1.68. The van der Waals surface area contributed by atoms with Crippen LogP contribution in [-0.4, -0.2) is 14.8 Å². The van der Waals surface area contributed by atoms with E-state index >= 15 is 0 Å². The van der Waals surface area contributed by atoms with Crippen LogP contribution in [0.4, 0.5) is 0 Å². The van der Waals surface area contributed by atoms with Gasteiger partial charge in [-0.05, 0) is 44.5 Å². The summed E-state index contributed by atoms with van der Waals surface area (Å²) in [6.07, 6.45) is 0. The van der Waals surface area contributed by atoms with Gasteiger partial charge in [-0.3, -0.25) is 0 Å². The summed E-state index contributed by atoms with van der Waals surface area (Å²) in [5, 5.41) is 13.2. The van der Waals surface area contributed by atoms with E-state index < -0.39 is 0 Å². The maximum atomic E-state index is 8.85. The number of aromatic nitrogens is 3. The van der Waals surface area contributed by atoms with Crippen molar-refractivity contribution in [2.75, 3.05) is 0 Å². The van der Waals surface area contributed by atoms with Crippen LogP contribution < -0.4 is 0 Å². The zero-order valence-electron chi connectivity index (χ0n) is 9.52. The van der Waals surface area contributed by atoms with Gasteiger partial charge >= 0.3 is 0 Å². The molecule has 4 nitrogen and oxygen atoms in total. The second-order valence-corrected chi connectivity index (χ2v) is 3.73. The lowest BCUT2D eigenvalue weighted by atomic mass is 10.1. The van der Waals surface area contributed by atoms with E-state index in [1.807, 2.05) is 32.9 Å². The van der Waals surface area contributed by atoms with Crippen molar-refractivity contribution >= 4 is 0 Å². The van der Waals surface area contributed by atoms with Gasteiger partial charge in [0.1, 0.15) is 11.6 Å². The van der Waals surface area contributed by atoms with Gasteiger partial charge in [0.05, 0.1) is 17.3 Å². The lowest BCUT2D eigenvalue weighted by Gasteiger charge is -2.04. The first-order chi connectivity index (χ1) is 7.61. The van der Waals surface area contributed by atoms with Gasteiger partial charge in [0.25, 0.3) is 0 Å². The number of benzene rings is 1. The molecule has 0 aliphatic rings. The highest BCUT2D eigenvalue weighted by Crippen LogP contribution is 2.14. The molecule has 0 bridgehead atoms. The SMILES string of the molecule is Cc1nc(C)n(-c2ccc(C#N)c(C)c2)n1. The Morgan fingerprint density at radius 1 is 1.25 bits per heavy atom. The van der Waals surface area contributed by atoms with E-state index in [0.717, 1.165) is 22.9 Å². The number of hydrogen-bond acceptors (Lipinski definition) is 3. The maximum absolute atomic E-state index is 8.85. The summed E-state index contributed by atoms with van der Waals surface area (Å²) in [4.78, 5) is 4.25. The summed E-state index contributed by atoms with van der Waals surface area (Å²) in [5.74, 6) is 1.60. The molecule has 16 heavy (non-hydrogen) atoms. The number of nitrogens with zero attached hydrogens (tertiary/aromatic N) is 4. The highest BCUT2D eigenvalue weighted by Gasteiger charge is 2.06. The summed E-state index contributed by atoms with van der Waals surface area (Å²) >= 11 is 0. The van der Waals surface area contributed by atoms with Crippen LogP contribution in [0.25, 0.3) is 5.69 Å². The van der Waals surface area contributed by atoms with Crippen LogP contribution in [0.2, 0.25) is 0 Å². The Balaban J connectivity index is 2.54. The van der Waals surface area contributed by atoms with Crippen molar-refractivity contribution < 1.29 is 0 Å². The van der Waals surface area contributed by atoms with Crippen LogP contribution in [0.1, 0.15) is 22.8 Å². The Hall–Kier alpha value is -2.15. The molecule has 0 N–H and O–H groups in total. The molecule has 2 aromatic rings. The maximum Gasteiger partial charge on any atom is 0.148 e. The summed E-state index contributed by atoms with van der Waals surface area (Å²) < 4.78 is 1.78.